The normalized spacial score (nSPS) is 18.4. The topological polar surface area (TPSA) is 83.6 Å². The van der Waals surface area contributed by atoms with E-state index in [1.54, 1.807) is 54.6 Å². The van der Waals surface area contributed by atoms with E-state index in [4.69, 9.17) is 16.1 Å². The summed E-state index contributed by atoms with van der Waals surface area (Å²) >= 11 is 9.41. The van der Waals surface area contributed by atoms with Crippen LogP contribution in [-0.2, 0) is 15.0 Å². The predicted molar refractivity (Wildman–Crippen MR) is 126 cm³/mol. The molecule has 1 aliphatic heterocycles. The van der Waals surface area contributed by atoms with Gasteiger partial charge in [-0.05, 0) is 29.8 Å². The van der Waals surface area contributed by atoms with E-state index in [0.29, 0.717) is 21.9 Å². The van der Waals surface area contributed by atoms with Crippen molar-refractivity contribution in [3.05, 3.63) is 86.6 Å². The lowest BCUT2D eigenvalue weighted by Crippen LogP contribution is -2.29. The molecule has 0 bridgehead atoms. The van der Waals surface area contributed by atoms with E-state index in [2.05, 4.69) is 21.1 Å². The van der Waals surface area contributed by atoms with E-state index in [0.717, 1.165) is 4.47 Å². The number of halogens is 2. The maximum Gasteiger partial charge on any atom is 0.301 e. The number of nitrogens with zero attached hydrogens (tertiary/aromatic N) is 2. The second-order valence-electron chi connectivity index (χ2n) is 8.53. The zero-order valence-electron chi connectivity index (χ0n) is 17.6. The lowest BCUT2D eigenvalue weighted by Gasteiger charge is -2.23. The minimum atomic E-state index is -0.895. The van der Waals surface area contributed by atoms with E-state index in [9.17, 15) is 14.7 Å². The molecule has 1 fully saturated rings. The number of ketones is 1. The van der Waals surface area contributed by atoms with Crippen molar-refractivity contribution < 1.29 is 19.2 Å². The van der Waals surface area contributed by atoms with Crippen LogP contribution in [0, 0.1) is 0 Å². The molecule has 8 heteroatoms. The minimum Gasteiger partial charge on any atom is -0.507 e. The molecule has 0 saturated carbocycles. The summed E-state index contributed by atoms with van der Waals surface area (Å²) < 4.78 is 6.28. The first-order chi connectivity index (χ1) is 15.1. The number of carbonyl (C=O) groups is 2. The van der Waals surface area contributed by atoms with E-state index in [1.807, 2.05) is 20.8 Å². The molecule has 1 aliphatic rings. The van der Waals surface area contributed by atoms with Gasteiger partial charge in [-0.25, -0.2) is 0 Å². The van der Waals surface area contributed by atoms with Crippen molar-refractivity contribution in [1.82, 2.24) is 5.16 Å². The monoisotopic (exact) mass is 514 g/mol. The number of hydrogen-bond acceptors (Lipinski definition) is 5. The Balaban J connectivity index is 1.91. The van der Waals surface area contributed by atoms with Gasteiger partial charge in [0.25, 0.3) is 5.78 Å². The number of aliphatic hydroxyl groups excluding tert-OH is 1. The number of hydrogen-bond donors (Lipinski definition) is 1. The van der Waals surface area contributed by atoms with Crippen LogP contribution in [0.25, 0.3) is 5.76 Å². The Morgan fingerprint density at radius 2 is 1.72 bits per heavy atom. The van der Waals surface area contributed by atoms with Crippen molar-refractivity contribution in [2.75, 3.05) is 4.90 Å². The molecule has 6 nitrogen and oxygen atoms in total. The summed E-state index contributed by atoms with van der Waals surface area (Å²) in [7, 11) is 0. The third-order valence-electron chi connectivity index (χ3n) is 5.23. The molecule has 1 aromatic heterocycles. The van der Waals surface area contributed by atoms with Gasteiger partial charge in [0.05, 0.1) is 11.6 Å². The second kappa shape index (κ2) is 8.22. The van der Waals surface area contributed by atoms with Gasteiger partial charge < -0.3 is 9.63 Å². The fourth-order valence-corrected chi connectivity index (χ4v) is 3.92. The minimum absolute atomic E-state index is 0.0278. The first kappa shape index (κ1) is 22.3. The van der Waals surface area contributed by atoms with Gasteiger partial charge in [-0.2, -0.15) is 0 Å². The first-order valence-electron chi connectivity index (χ1n) is 9.87. The van der Waals surface area contributed by atoms with Crippen LogP contribution in [0.1, 0.15) is 43.7 Å². The molecule has 3 aromatic rings. The number of anilines is 1. The van der Waals surface area contributed by atoms with Gasteiger partial charge >= 0.3 is 5.91 Å². The summed E-state index contributed by atoms with van der Waals surface area (Å²) in [6, 6.07) is 14.3. The van der Waals surface area contributed by atoms with Gasteiger partial charge in [0.1, 0.15) is 11.5 Å². The zero-order valence-corrected chi connectivity index (χ0v) is 19.9. The van der Waals surface area contributed by atoms with Crippen molar-refractivity contribution in [2.45, 2.75) is 32.2 Å². The molecule has 2 aromatic carbocycles. The van der Waals surface area contributed by atoms with E-state index in [1.165, 1.54) is 4.90 Å². The summed E-state index contributed by atoms with van der Waals surface area (Å²) in [4.78, 5) is 27.5. The highest BCUT2D eigenvalue weighted by molar-refractivity contribution is 9.10. The van der Waals surface area contributed by atoms with Crippen molar-refractivity contribution >= 4 is 50.8 Å². The van der Waals surface area contributed by atoms with Crippen LogP contribution in [0.15, 0.2) is 69.2 Å². The van der Waals surface area contributed by atoms with Crippen LogP contribution in [-0.4, -0.2) is 22.0 Å². The molecule has 164 valence electrons. The lowest BCUT2D eigenvalue weighted by atomic mass is 9.93. The third kappa shape index (κ3) is 3.98. The smallest absolute Gasteiger partial charge is 0.301 e. The molecule has 1 saturated heterocycles. The molecule has 1 atom stereocenters. The van der Waals surface area contributed by atoms with Crippen molar-refractivity contribution in [2.24, 2.45) is 0 Å². The number of benzene rings is 2. The number of aliphatic hydroxyl groups is 1. The maximum atomic E-state index is 13.1. The highest BCUT2D eigenvalue weighted by Gasteiger charge is 2.48. The standard InChI is InChI=1S/C24H20BrClN2O4/c1-24(2,3)17-12-18(27-32-17)28-20(13-6-10-16(26)11-7-13)19(22(30)23(28)31)21(29)14-4-8-15(25)9-5-14/h4-12,20,29H,1-3H3/b21-19+. The highest BCUT2D eigenvalue weighted by Crippen LogP contribution is 2.42. The van der Waals surface area contributed by atoms with Gasteiger partial charge in [-0.3, -0.25) is 14.5 Å². The van der Waals surface area contributed by atoms with Crippen LogP contribution < -0.4 is 4.90 Å². The number of rotatable bonds is 3. The molecular formula is C24H20BrClN2O4. The van der Waals surface area contributed by atoms with Gasteiger partial charge in [-0.15, -0.1) is 0 Å². The Hall–Kier alpha value is -2.90. The van der Waals surface area contributed by atoms with Crippen molar-refractivity contribution in [1.29, 1.82) is 0 Å². The van der Waals surface area contributed by atoms with Crippen LogP contribution in [0.4, 0.5) is 5.82 Å². The second-order valence-corrected chi connectivity index (χ2v) is 9.88. The Kier molecular flexibility index (Phi) is 5.73. The summed E-state index contributed by atoms with van der Waals surface area (Å²) in [5.74, 6) is -1.09. The Morgan fingerprint density at radius 1 is 1.09 bits per heavy atom. The average molecular weight is 516 g/mol. The molecule has 4 rings (SSSR count). The van der Waals surface area contributed by atoms with Crippen LogP contribution in [0.2, 0.25) is 5.02 Å². The van der Waals surface area contributed by atoms with E-state index >= 15 is 0 Å². The molecule has 1 amide bonds. The zero-order chi connectivity index (χ0) is 23.2. The number of amides is 1. The van der Waals surface area contributed by atoms with E-state index in [-0.39, 0.29) is 22.6 Å². The van der Waals surface area contributed by atoms with Gasteiger partial charge in [-0.1, -0.05) is 77.7 Å². The van der Waals surface area contributed by atoms with Crippen LogP contribution in [0.5, 0.6) is 0 Å². The quantitative estimate of drug-likeness (QED) is 0.262. The predicted octanol–water partition coefficient (Wildman–Crippen LogP) is 6.01. The molecule has 2 heterocycles. The SMILES string of the molecule is CC(C)(C)c1cc(N2C(=O)C(=O)/C(=C(/O)c3ccc(Br)cc3)C2c2ccc(Cl)cc2)no1. The third-order valence-corrected chi connectivity index (χ3v) is 6.01. The molecule has 1 unspecified atom stereocenters. The lowest BCUT2D eigenvalue weighted by molar-refractivity contribution is -0.132. The van der Waals surface area contributed by atoms with Crippen LogP contribution >= 0.6 is 27.5 Å². The summed E-state index contributed by atoms with van der Waals surface area (Å²) in [6.07, 6.45) is 0. The average Bonchev–Trinajstić information content (AvgIpc) is 3.32. The van der Waals surface area contributed by atoms with Crippen molar-refractivity contribution in [3.8, 4) is 0 Å². The fraction of sp³-hybridized carbons (Fsp3) is 0.208. The number of Topliss-reactive ketones (excluding diaryl/α,β-unsaturated/α-hetero) is 1. The summed E-state index contributed by atoms with van der Waals surface area (Å²) in [5, 5.41) is 15.7. The summed E-state index contributed by atoms with van der Waals surface area (Å²) in [6.45, 7) is 5.86. The molecule has 0 radical (unpaired) electrons. The molecular weight excluding hydrogens is 496 g/mol. The molecule has 0 spiro atoms. The molecule has 32 heavy (non-hydrogen) atoms. The van der Waals surface area contributed by atoms with E-state index < -0.39 is 17.7 Å². The fourth-order valence-electron chi connectivity index (χ4n) is 3.53. The van der Waals surface area contributed by atoms with Crippen LogP contribution in [0.3, 0.4) is 0 Å². The van der Waals surface area contributed by atoms with Gasteiger partial charge in [0.15, 0.2) is 5.82 Å². The van der Waals surface area contributed by atoms with Gasteiger partial charge in [0, 0.05) is 26.5 Å². The number of carbonyl (C=O) groups excluding carboxylic acids is 2. The first-order valence-corrected chi connectivity index (χ1v) is 11.0. The number of aromatic nitrogens is 1. The Labute approximate surface area is 198 Å². The van der Waals surface area contributed by atoms with Crippen molar-refractivity contribution in [3.63, 3.8) is 0 Å². The molecule has 0 aliphatic carbocycles. The highest BCUT2D eigenvalue weighted by atomic mass is 79.9. The molecule has 1 N–H and O–H groups in total. The van der Waals surface area contributed by atoms with Gasteiger partial charge in [0.2, 0.25) is 0 Å². The largest absolute Gasteiger partial charge is 0.507 e. The maximum absolute atomic E-state index is 13.1. The summed E-state index contributed by atoms with van der Waals surface area (Å²) in [5.41, 5.74) is 0.652. The Morgan fingerprint density at radius 3 is 2.28 bits per heavy atom. The Bertz CT molecular complexity index is 1220.